The summed E-state index contributed by atoms with van der Waals surface area (Å²) >= 11 is 5.28. The second-order valence-corrected chi connectivity index (χ2v) is 5.87. The zero-order chi connectivity index (χ0) is 12.7. The molecule has 0 saturated heterocycles. The molecule has 0 fully saturated rings. The van der Waals surface area contributed by atoms with E-state index in [1.807, 2.05) is 12.1 Å². The molecule has 1 rings (SSSR count). The van der Waals surface area contributed by atoms with Gasteiger partial charge in [-0.1, -0.05) is 22.9 Å². The standard InChI is InChI=1S/C13H20BrNOS/c1-3-12(15)9-10-8-11(14)4-5-13(10)16-6-7-17-2/h4-5,8,12H,3,6-7,9,15H2,1-2H3. The van der Waals surface area contributed by atoms with Crippen LogP contribution in [0.1, 0.15) is 18.9 Å². The molecule has 1 atom stereocenters. The van der Waals surface area contributed by atoms with Crippen molar-refractivity contribution >= 4 is 27.7 Å². The van der Waals surface area contributed by atoms with Crippen LogP contribution in [0.5, 0.6) is 5.75 Å². The van der Waals surface area contributed by atoms with Crippen LogP contribution in [0.25, 0.3) is 0 Å². The molecule has 0 spiro atoms. The van der Waals surface area contributed by atoms with Crippen LogP contribution in [0.3, 0.4) is 0 Å². The summed E-state index contributed by atoms with van der Waals surface area (Å²) in [6.07, 6.45) is 3.93. The minimum atomic E-state index is 0.201. The lowest BCUT2D eigenvalue weighted by Gasteiger charge is -2.14. The van der Waals surface area contributed by atoms with Crippen LogP contribution in [0.2, 0.25) is 0 Å². The number of nitrogens with two attached hydrogens (primary N) is 1. The molecule has 0 saturated carbocycles. The first-order valence-electron chi connectivity index (χ1n) is 5.83. The summed E-state index contributed by atoms with van der Waals surface area (Å²) in [4.78, 5) is 0. The van der Waals surface area contributed by atoms with E-state index in [4.69, 9.17) is 10.5 Å². The van der Waals surface area contributed by atoms with Gasteiger partial charge < -0.3 is 10.5 Å². The van der Waals surface area contributed by atoms with E-state index in [2.05, 4.69) is 35.2 Å². The Bertz CT molecular complexity index is 346. The van der Waals surface area contributed by atoms with Crippen LogP contribution >= 0.6 is 27.7 Å². The van der Waals surface area contributed by atoms with Gasteiger partial charge in [0, 0.05) is 16.3 Å². The summed E-state index contributed by atoms with van der Waals surface area (Å²) < 4.78 is 6.86. The van der Waals surface area contributed by atoms with E-state index in [9.17, 15) is 0 Å². The van der Waals surface area contributed by atoms with Crippen LogP contribution in [0.4, 0.5) is 0 Å². The van der Waals surface area contributed by atoms with E-state index < -0.39 is 0 Å². The van der Waals surface area contributed by atoms with Gasteiger partial charge >= 0.3 is 0 Å². The fourth-order valence-electron chi connectivity index (χ4n) is 1.51. The lowest BCUT2D eigenvalue weighted by Crippen LogP contribution is -2.21. The SMILES string of the molecule is CCC(N)Cc1cc(Br)ccc1OCCSC. The molecule has 0 aliphatic carbocycles. The van der Waals surface area contributed by atoms with Crippen molar-refractivity contribution in [3.63, 3.8) is 0 Å². The number of hydrogen-bond acceptors (Lipinski definition) is 3. The molecule has 17 heavy (non-hydrogen) atoms. The highest BCUT2D eigenvalue weighted by Gasteiger charge is 2.08. The molecule has 1 unspecified atom stereocenters. The minimum absolute atomic E-state index is 0.201. The molecule has 0 heterocycles. The smallest absolute Gasteiger partial charge is 0.122 e. The van der Waals surface area contributed by atoms with Crippen molar-refractivity contribution in [2.24, 2.45) is 5.73 Å². The Kier molecular flexibility index (Phi) is 7.00. The van der Waals surface area contributed by atoms with Crippen LogP contribution in [-0.2, 0) is 6.42 Å². The number of thioether (sulfide) groups is 1. The highest BCUT2D eigenvalue weighted by molar-refractivity contribution is 9.10. The Morgan fingerprint density at radius 2 is 2.24 bits per heavy atom. The van der Waals surface area contributed by atoms with Crippen molar-refractivity contribution in [3.05, 3.63) is 28.2 Å². The molecule has 4 heteroatoms. The zero-order valence-electron chi connectivity index (χ0n) is 10.4. The van der Waals surface area contributed by atoms with E-state index in [-0.39, 0.29) is 6.04 Å². The van der Waals surface area contributed by atoms with Crippen LogP contribution < -0.4 is 10.5 Å². The molecule has 0 bridgehead atoms. The zero-order valence-corrected chi connectivity index (χ0v) is 12.8. The third-order valence-corrected chi connectivity index (χ3v) is 3.64. The summed E-state index contributed by atoms with van der Waals surface area (Å²) in [6.45, 7) is 2.86. The van der Waals surface area contributed by atoms with E-state index in [1.54, 1.807) is 11.8 Å². The monoisotopic (exact) mass is 317 g/mol. The molecule has 2 N–H and O–H groups in total. The molecule has 1 aromatic carbocycles. The predicted molar refractivity (Wildman–Crippen MR) is 80.0 cm³/mol. The lowest BCUT2D eigenvalue weighted by molar-refractivity contribution is 0.339. The average Bonchev–Trinajstić information content (AvgIpc) is 2.32. The summed E-state index contributed by atoms with van der Waals surface area (Å²) in [5.41, 5.74) is 7.19. The molecular weight excluding hydrogens is 298 g/mol. The Balaban J connectivity index is 2.72. The molecule has 0 aliphatic heterocycles. The van der Waals surface area contributed by atoms with E-state index in [0.717, 1.165) is 35.4 Å². The van der Waals surface area contributed by atoms with Gasteiger partial charge in [0.2, 0.25) is 0 Å². The van der Waals surface area contributed by atoms with E-state index in [0.29, 0.717) is 0 Å². The molecule has 1 aromatic rings. The summed E-state index contributed by atoms with van der Waals surface area (Å²) in [5, 5.41) is 0. The fraction of sp³-hybridized carbons (Fsp3) is 0.538. The Labute approximate surface area is 116 Å². The summed E-state index contributed by atoms with van der Waals surface area (Å²) in [7, 11) is 0. The van der Waals surface area contributed by atoms with E-state index >= 15 is 0 Å². The van der Waals surface area contributed by atoms with Gasteiger partial charge in [0.25, 0.3) is 0 Å². The normalized spacial score (nSPS) is 12.5. The number of halogens is 1. The van der Waals surface area contributed by atoms with Gasteiger partial charge in [-0.05, 0) is 42.9 Å². The maximum Gasteiger partial charge on any atom is 0.122 e. The Hall–Kier alpha value is -0.190. The first kappa shape index (κ1) is 14.9. The largest absolute Gasteiger partial charge is 0.492 e. The van der Waals surface area contributed by atoms with Crippen molar-refractivity contribution in [2.75, 3.05) is 18.6 Å². The Morgan fingerprint density at radius 1 is 1.47 bits per heavy atom. The van der Waals surface area contributed by atoms with Crippen LogP contribution in [-0.4, -0.2) is 24.7 Å². The highest BCUT2D eigenvalue weighted by Crippen LogP contribution is 2.24. The molecule has 96 valence electrons. The molecule has 2 nitrogen and oxygen atoms in total. The first-order valence-corrected chi connectivity index (χ1v) is 8.01. The molecule has 0 aliphatic rings. The van der Waals surface area contributed by atoms with Crippen molar-refractivity contribution in [2.45, 2.75) is 25.8 Å². The number of rotatable bonds is 7. The maximum atomic E-state index is 6.00. The van der Waals surface area contributed by atoms with Crippen molar-refractivity contribution in [1.29, 1.82) is 0 Å². The molecular formula is C13H20BrNOS. The third kappa shape index (κ3) is 5.32. The lowest BCUT2D eigenvalue weighted by atomic mass is 10.0. The predicted octanol–water partition coefficient (Wildman–Crippen LogP) is 3.47. The average molecular weight is 318 g/mol. The van der Waals surface area contributed by atoms with Crippen molar-refractivity contribution < 1.29 is 4.74 Å². The molecule has 0 aromatic heterocycles. The van der Waals surface area contributed by atoms with Gasteiger partial charge in [-0.25, -0.2) is 0 Å². The van der Waals surface area contributed by atoms with Crippen LogP contribution in [0.15, 0.2) is 22.7 Å². The van der Waals surface area contributed by atoms with Gasteiger partial charge in [-0.2, -0.15) is 11.8 Å². The highest BCUT2D eigenvalue weighted by atomic mass is 79.9. The molecule has 0 radical (unpaired) electrons. The first-order chi connectivity index (χ1) is 8.17. The molecule has 0 amide bonds. The van der Waals surface area contributed by atoms with Gasteiger partial charge in [0.1, 0.15) is 5.75 Å². The summed E-state index contributed by atoms with van der Waals surface area (Å²) in [5.74, 6) is 1.97. The number of hydrogen-bond donors (Lipinski definition) is 1. The van der Waals surface area contributed by atoms with Gasteiger partial charge in [0.15, 0.2) is 0 Å². The minimum Gasteiger partial charge on any atom is -0.492 e. The van der Waals surface area contributed by atoms with Crippen LogP contribution in [0, 0.1) is 0 Å². The third-order valence-electron chi connectivity index (χ3n) is 2.57. The van der Waals surface area contributed by atoms with Gasteiger partial charge in [0.05, 0.1) is 6.61 Å². The van der Waals surface area contributed by atoms with Crippen molar-refractivity contribution in [1.82, 2.24) is 0 Å². The second kappa shape index (κ2) is 8.01. The van der Waals surface area contributed by atoms with Gasteiger partial charge in [-0.3, -0.25) is 0 Å². The Morgan fingerprint density at radius 3 is 2.88 bits per heavy atom. The van der Waals surface area contributed by atoms with E-state index in [1.165, 1.54) is 5.56 Å². The summed E-state index contributed by atoms with van der Waals surface area (Å²) in [6, 6.07) is 6.33. The maximum absolute atomic E-state index is 6.00. The topological polar surface area (TPSA) is 35.2 Å². The fourth-order valence-corrected chi connectivity index (χ4v) is 2.17. The second-order valence-electron chi connectivity index (χ2n) is 3.97. The van der Waals surface area contributed by atoms with Gasteiger partial charge in [-0.15, -0.1) is 0 Å². The number of benzene rings is 1. The van der Waals surface area contributed by atoms with Crippen molar-refractivity contribution in [3.8, 4) is 5.75 Å². The quantitative estimate of drug-likeness (QED) is 0.782. The number of ether oxygens (including phenoxy) is 1.